The van der Waals surface area contributed by atoms with Crippen LogP contribution in [0.3, 0.4) is 0 Å². The molecule has 0 aliphatic heterocycles. The number of carbonyl (C=O) groups excluding carboxylic acids is 1. The second-order valence-electron chi connectivity index (χ2n) is 8.13. The largest absolute Gasteiger partial charge is 0.385 e. The predicted octanol–water partition coefficient (Wildman–Crippen LogP) is 5.70. The summed E-state index contributed by atoms with van der Waals surface area (Å²) < 4.78 is 20.6. The number of unbranched alkanes of at least 4 members (excludes halogenated alkanes) is 1. The number of methoxy groups -OCH3 is 1. The van der Waals surface area contributed by atoms with E-state index < -0.39 is 0 Å². The third-order valence-corrected chi connectivity index (χ3v) is 5.63. The summed E-state index contributed by atoms with van der Waals surface area (Å²) >= 11 is 0. The van der Waals surface area contributed by atoms with Crippen molar-refractivity contribution in [2.45, 2.75) is 45.7 Å². The monoisotopic (exact) mass is 436 g/mol. The van der Waals surface area contributed by atoms with Crippen LogP contribution >= 0.6 is 0 Å². The lowest BCUT2D eigenvalue weighted by Gasteiger charge is -2.24. The molecule has 2 aromatic carbocycles. The summed E-state index contributed by atoms with van der Waals surface area (Å²) in [7, 11) is 1.68. The van der Waals surface area contributed by atoms with Gasteiger partial charge < -0.3 is 14.2 Å². The highest BCUT2D eigenvalue weighted by Crippen LogP contribution is 2.16. The molecule has 3 aromatic rings. The van der Waals surface area contributed by atoms with Crippen molar-refractivity contribution in [3.63, 3.8) is 0 Å². The van der Waals surface area contributed by atoms with E-state index >= 15 is 0 Å². The molecule has 0 radical (unpaired) electrons. The standard InChI is InChI=1S/C27H33FN2O2/c1-3-4-7-22-9-13-24(14-10-22)27(31)30(18-6-19-32-2)21-26-8-5-17-29(26)20-23-11-15-25(28)16-12-23/h5,8-17H,3-4,6-7,18-21H2,1-2H3. The maximum Gasteiger partial charge on any atom is 0.254 e. The van der Waals surface area contributed by atoms with E-state index in [0.29, 0.717) is 31.8 Å². The minimum atomic E-state index is -0.239. The average molecular weight is 437 g/mol. The zero-order chi connectivity index (χ0) is 22.8. The average Bonchev–Trinajstić information content (AvgIpc) is 3.25. The number of ether oxygens (including phenoxy) is 1. The van der Waals surface area contributed by atoms with Gasteiger partial charge in [-0.3, -0.25) is 4.79 Å². The second kappa shape index (κ2) is 12.2. The Hall–Kier alpha value is -2.92. The van der Waals surface area contributed by atoms with Crippen LogP contribution in [0.1, 0.15) is 53.4 Å². The predicted molar refractivity (Wildman–Crippen MR) is 126 cm³/mol. The van der Waals surface area contributed by atoms with Crippen molar-refractivity contribution in [3.05, 3.63) is 95.1 Å². The first-order valence-electron chi connectivity index (χ1n) is 11.4. The first-order chi connectivity index (χ1) is 15.6. The van der Waals surface area contributed by atoms with E-state index in [2.05, 4.69) is 23.6 Å². The van der Waals surface area contributed by atoms with Gasteiger partial charge in [0.15, 0.2) is 0 Å². The molecule has 0 aliphatic carbocycles. The molecule has 0 fully saturated rings. The minimum absolute atomic E-state index is 0.0256. The van der Waals surface area contributed by atoms with Gasteiger partial charge >= 0.3 is 0 Å². The molecule has 1 heterocycles. The number of aryl methyl sites for hydroxylation is 1. The lowest BCUT2D eigenvalue weighted by atomic mass is 10.1. The Kier molecular flexibility index (Phi) is 9.05. The number of aromatic nitrogens is 1. The molecule has 1 amide bonds. The first kappa shape index (κ1) is 23.7. The Labute approximate surface area is 190 Å². The van der Waals surface area contributed by atoms with E-state index in [1.165, 1.54) is 17.7 Å². The van der Waals surface area contributed by atoms with E-state index in [4.69, 9.17) is 4.74 Å². The fourth-order valence-electron chi connectivity index (χ4n) is 3.76. The smallest absolute Gasteiger partial charge is 0.254 e. The van der Waals surface area contributed by atoms with E-state index in [1.54, 1.807) is 19.2 Å². The van der Waals surface area contributed by atoms with Gasteiger partial charge in [0.05, 0.1) is 6.54 Å². The number of benzene rings is 2. The topological polar surface area (TPSA) is 34.5 Å². The Balaban J connectivity index is 1.74. The van der Waals surface area contributed by atoms with Crippen LogP contribution in [0.25, 0.3) is 0 Å². The van der Waals surface area contributed by atoms with E-state index in [9.17, 15) is 9.18 Å². The SMILES string of the molecule is CCCCc1ccc(C(=O)N(CCCOC)Cc2cccn2Cc2ccc(F)cc2)cc1. The van der Waals surface area contributed by atoms with Gasteiger partial charge in [0.2, 0.25) is 0 Å². The van der Waals surface area contributed by atoms with Crippen LogP contribution in [0.15, 0.2) is 66.9 Å². The van der Waals surface area contributed by atoms with E-state index in [-0.39, 0.29) is 11.7 Å². The lowest BCUT2D eigenvalue weighted by molar-refractivity contribution is 0.0720. The zero-order valence-corrected chi connectivity index (χ0v) is 19.1. The van der Waals surface area contributed by atoms with Gasteiger partial charge in [-0.1, -0.05) is 37.6 Å². The molecule has 0 saturated carbocycles. The molecule has 1 aromatic heterocycles. The molecule has 5 heteroatoms. The van der Waals surface area contributed by atoms with Crippen molar-refractivity contribution >= 4 is 5.91 Å². The highest BCUT2D eigenvalue weighted by atomic mass is 19.1. The quantitative estimate of drug-likeness (QED) is 0.342. The normalized spacial score (nSPS) is 11.0. The number of carbonyl (C=O) groups is 1. The van der Waals surface area contributed by atoms with Crippen LogP contribution in [-0.2, 0) is 24.2 Å². The summed E-state index contributed by atoms with van der Waals surface area (Å²) in [6, 6.07) is 18.6. The van der Waals surface area contributed by atoms with Crippen molar-refractivity contribution in [3.8, 4) is 0 Å². The van der Waals surface area contributed by atoms with Crippen molar-refractivity contribution in [1.82, 2.24) is 9.47 Å². The third kappa shape index (κ3) is 6.79. The zero-order valence-electron chi connectivity index (χ0n) is 19.1. The number of nitrogens with zero attached hydrogens (tertiary/aromatic N) is 2. The molecule has 0 bridgehead atoms. The molecular weight excluding hydrogens is 403 g/mol. The maximum atomic E-state index is 13.3. The van der Waals surface area contributed by atoms with Crippen molar-refractivity contribution in [2.24, 2.45) is 0 Å². The highest BCUT2D eigenvalue weighted by molar-refractivity contribution is 5.94. The third-order valence-electron chi connectivity index (χ3n) is 5.63. The Morgan fingerprint density at radius 2 is 1.72 bits per heavy atom. The Bertz CT molecular complexity index is 964. The fourth-order valence-corrected chi connectivity index (χ4v) is 3.76. The van der Waals surface area contributed by atoms with Crippen LogP contribution in [0, 0.1) is 5.82 Å². The first-order valence-corrected chi connectivity index (χ1v) is 11.4. The number of rotatable bonds is 12. The van der Waals surface area contributed by atoms with Crippen LogP contribution in [0.5, 0.6) is 0 Å². The van der Waals surface area contributed by atoms with Gasteiger partial charge in [-0.05, 0) is 66.8 Å². The summed E-state index contributed by atoms with van der Waals surface area (Å²) in [4.78, 5) is 15.2. The van der Waals surface area contributed by atoms with Crippen molar-refractivity contribution in [2.75, 3.05) is 20.3 Å². The van der Waals surface area contributed by atoms with Crippen molar-refractivity contribution < 1.29 is 13.9 Å². The fraction of sp³-hybridized carbons (Fsp3) is 0.370. The van der Waals surface area contributed by atoms with Gasteiger partial charge in [-0.15, -0.1) is 0 Å². The van der Waals surface area contributed by atoms with E-state index in [1.807, 2.05) is 35.4 Å². The molecule has 0 unspecified atom stereocenters. The summed E-state index contributed by atoms with van der Waals surface area (Å²) in [5.41, 5.74) is 4.03. The second-order valence-corrected chi connectivity index (χ2v) is 8.13. The molecule has 4 nitrogen and oxygen atoms in total. The van der Waals surface area contributed by atoms with Crippen LogP contribution in [-0.4, -0.2) is 35.6 Å². The molecule has 0 saturated heterocycles. The molecule has 3 rings (SSSR count). The summed E-state index contributed by atoms with van der Waals surface area (Å²) in [5.74, 6) is -0.213. The van der Waals surface area contributed by atoms with Gasteiger partial charge in [-0.25, -0.2) is 4.39 Å². The Morgan fingerprint density at radius 1 is 1.00 bits per heavy atom. The highest BCUT2D eigenvalue weighted by Gasteiger charge is 2.17. The van der Waals surface area contributed by atoms with Gasteiger partial charge in [-0.2, -0.15) is 0 Å². The van der Waals surface area contributed by atoms with Gasteiger partial charge in [0.25, 0.3) is 5.91 Å². The van der Waals surface area contributed by atoms with Crippen molar-refractivity contribution in [1.29, 1.82) is 0 Å². The lowest BCUT2D eigenvalue weighted by Crippen LogP contribution is -2.33. The summed E-state index contributed by atoms with van der Waals surface area (Å²) in [6.07, 6.45) is 6.13. The molecule has 0 aliphatic rings. The van der Waals surface area contributed by atoms with Crippen LogP contribution in [0.2, 0.25) is 0 Å². The molecule has 170 valence electrons. The van der Waals surface area contributed by atoms with Crippen LogP contribution in [0.4, 0.5) is 4.39 Å². The molecule has 0 atom stereocenters. The maximum absolute atomic E-state index is 13.3. The molecule has 0 spiro atoms. The summed E-state index contributed by atoms with van der Waals surface area (Å²) in [6.45, 7) is 4.55. The Morgan fingerprint density at radius 3 is 2.41 bits per heavy atom. The van der Waals surface area contributed by atoms with Crippen LogP contribution < -0.4 is 0 Å². The van der Waals surface area contributed by atoms with Gasteiger partial charge in [0.1, 0.15) is 5.82 Å². The van der Waals surface area contributed by atoms with E-state index in [0.717, 1.165) is 36.9 Å². The minimum Gasteiger partial charge on any atom is -0.385 e. The number of hydrogen-bond donors (Lipinski definition) is 0. The molecular formula is C27H33FN2O2. The number of amides is 1. The number of halogens is 1. The molecule has 32 heavy (non-hydrogen) atoms. The van der Waals surface area contributed by atoms with Gasteiger partial charge in [0, 0.05) is 44.3 Å². The number of hydrogen-bond acceptors (Lipinski definition) is 2. The summed E-state index contributed by atoms with van der Waals surface area (Å²) in [5, 5.41) is 0. The molecule has 0 N–H and O–H groups in total.